The number of benzene rings is 1. The molecule has 21 heavy (non-hydrogen) atoms. The molecule has 0 fully saturated rings. The minimum atomic E-state index is -0.347. The minimum absolute atomic E-state index is 0.105. The van der Waals surface area contributed by atoms with Crippen LogP contribution in [0, 0.1) is 0 Å². The van der Waals surface area contributed by atoms with Crippen LogP contribution in [0.5, 0.6) is 0 Å². The van der Waals surface area contributed by atoms with Gasteiger partial charge in [-0.1, -0.05) is 36.3 Å². The molecule has 0 aliphatic rings. The van der Waals surface area contributed by atoms with E-state index in [0.29, 0.717) is 6.54 Å². The third-order valence-electron chi connectivity index (χ3n) is 2.97. The number of rotatable bonds is 5. The second-order valence-corrected chi connectivity index (χ2v) is 5.01. The number of hydrogen-bond donors (Lipinski definition) is 2. The molecular formula is C14H20N6O. The molecule has 0 unspecified atom stereocenters. The Balaban J connectivity index is 1.86. The largest absolute Gasteiger partial charge is 0.334 e. The van der Waals surface area contributed by atoms with E-state index in [9.17, 15) is 4.79 Å². The molecule has 2 rings (SSSR count). The van der Waals surface area contributed by atoms with Gasteiger partial charge in [0.25, 0.3) is 5.95 Å². The van der Waals surface area contributed by atoms with Crippen molar-refractivity contribution in [3.8, 4) is 0 Å². The summed E-state index contributed by atoms with van der Waals surface area (Å²) in [4.78, 5) is 13.2. The fourth-order valence-corrected chi connectivity index (χ4v) is 1.78. The van der Waals surface area contributed by atoms with Crippen molar-refractivity contribution < 1.29 is 4.79 Å². The van der Waals surface area contributed by atoms with Crippen LogP contribution < -0.4 is 10.6 Å². The molecule has 1 heterocycles. The summed E-state index contributed by atoms with van der Waals surface area (Å²) in [5.41, 5.74) is 2.31. The molecule has 2 amide bonds. The van der Waals surface area contributed by atoms with Crippen molar-refractivity contribution >= 4 is 12.0 Å². The van der Waals surface area contributed by atoms with Crippen molar-refractivity contribution in [1.82, 2.24) is 25.5 Å². The molecule has 0 spiro atoms. The molecule has 1 aromatic carbocycles. The molecule has 7 heteroatoms. The van der Waals surface area contributed by atoms with Crippen LogP contribution in [-0.4, -0.2) is 26.2 Å². The van der Waals surface area contributed by atoms with Crippen LogP contribution in [0.25, 0.3) is 0 Å². The van der Waals surface area contributed by atoms with Gasteiger partial charge in [0.2, 0.25) is 0 Å². The summed E-state index contributed by atoms with van der Waals surface area (Å²) in [6, 6.07) is 7.87. The number of nitrogens with one attached hydrogen (secondary N) is 2. The van der Waals surface area contributed by atoms with Gasteiger partial charge in [-0.15, -0.1) is 5.10 Å². The zero-order valence-electron chi connectivity index (χ0n) is 12.5. The third kappa shape index (κ3) is 4.27. The maximum Gasteiger partial charge on any atom is 0.321 e. The number of hydrogen-bond acceptors (Lipinski definition) is 4. The molecule has 112 valence electrons. The monoisotopic (exact) mass is 288 g/mol. The highest BCUT2D eigenvalue weighted by atomic mass is 16.2. The van der Waals surface area contributed by atoms with Gasteiger partial charge in [0.05, 0.1) is 6.04 Å². The van der Waals surface area contributed by atoms with Gasteiger partial charge in [0.15, 0.2) is 0 Å². The Hall–Kier alpha value is -2.44. The van der Waals surface area contributed by atoms with Gasteiger partial charge < -0.3 is 5.32 Å². The summed E-state index contributed by atoms with van der Waals surface area (Å²) in [7, 11) is 0. The molecule has 0 aliphatic carbocycles. The summed E-state index contributed by atoms with van der Waals surface area (Å²) in [6.45, 7) is 6.43. The van der Waals surface area contributed by atoms with E-state index in [1.165, 1.54) is 10.4 Å². The smallest absolute Gasteiger partial charge is 0.321 e. The summed E-state index contributed by atoms with van der Waals surface area (Å²) in [5, 5.41) is 17.0. The van der Waals surface area contributed by atoms with Crippen molar-refractivity contribution in [3.63, 3.8) is 0 Å². The van der Waals surface area contributed by atoms with Crippen LogP contribution in [0.3, 0.4) is 0 Å². The van der Waals surface area contributed by atoms with E-state index in [0.717, 1.165) is 12.0 Å². The molecule has 2 N–H and O–H groups in total. The number of tetrazole rings is 1. The van der Waals surface area contributed by atoms with Crippen molar-refractivity contribution in [3.05, 3.63) is 35.4 Å². The second-order valence-electron chi connectivity index (χ2n) is 5.01. The van der Waals surface area contributed by atoms with Gasteiger partial charge in [-0.25, -0.2) is 4.79 Å². The summed E-state index contributed by atoms with van der Waals surface area (Å²) in [5.74, 6) is 0.198. The highest BCUT2D eigenvalue weighted by molar-refractivity contribution is 5.87. The van der Waals surface area contributed by atoms with Crippen LogP contribution in [0.15, 0.2) is 24.3 Å². The van der Waals surface area contributed by atoms with Crippen LogP contribution in [0.1, 0.15) is 37.9 Å². The van der Waals surface area contributed by atoms with E-state index in [4.69, 9.17) is 0 Å². The fourth-order valence-electron chi connectivity index (χ4n) is 1.78. The van der Waals surface area contributed by atoms with E-state index in [2.05, 4.69) is 45.1 Å². The first-order valence-electron chi connectivity index (χ1n) is 7.00. The van der Waals surface area contributed by atoms with Crippen molar-refractivity contribution in [2.45, 2.75) is 39.8 Å². The van der Waals surface area contributed by atoms with Gasteiger partial charge >= 0.3 is 6.03 Å². The van der Waals surface area contributed by atoms with Crippen LogP contribution in [0.2, 0.25) is 0 Å². The number of carbonyl (C=O) groups is 1. The predicted molar refractivity (Wildman–Crippen MR) is 79.9 cm³/mol. The van der Waals surface area contributed by atoms with Crippen molar-refractivity contribution in [2.75, 3.05) is 5.32 Å². The molecule has 7 nitrogen and oxygen atoms in total. The molecule has 0 saturated carbocycles. The van der Waals surface area contributed by atoms with Crippen LogP contribution >= 0.6 is 0 Å². The number of nitrogens with zero attached hydrogens (tertiary/aromatic N) is 4. The Morgan fingerprint density at radius 2 is 2.10 bits per heavy atom. The number of aromatic nitrogens is 4. The second kappa shape index (κ2) is 6.83. The lowest BCUT2D eigenvalue weighted by molar-refractivity contribution is 0.251. The fraction of sp³-hybridized carbons (Fsp3) is 0.429. The number of aryl methyl sites for hydroxylation is 1. The van der Waals surface area contributed by atoms with Crippen LogP contribution in [0.4, 0.5) is 10.7 Å². The Bertz CT molecular complexity index is 607. The van der Waals surface area contributed by atoms with Gasteiger partial charge in [0, 0.05) is 6.54 Å². The first-order valence-corrected chi connectivity index (χ1v) is 7.00. The first kappa shape index (κ1) is 15.0. The van der Waals surface area contributed by atoms with E-state index >= 15 is 0 Å². The van der Waals surface area contributed by atoms with Gasteiger partial charge in [-0.3, -0.25) is 5.32 Å². The number of urea groups is 1. The molecule has 1 aromatic heterocycles. The standard InChI is InChI=1S/C14H20N6O/c1-4-11-6-5-7-12(8-11)9-15-14(21)16-13-17-19-20(18-13)10(2)3/h5-8,10H,4,9H2,1-3H3,(H2,15,16,18,21). The highest BCUT2D eigenvalue weighted by Gasteiger charge is 2.08. The maximum atomic E-state index is 11.8. The van der Waals surface area contributed by atoms with E-state index in [1.54, 1.807) is 0 Å². The lowest BCUT2D eigenvalue weighted by Crippen LogP contribution is -2.28. The maximum absolute atomic E-state index is 11.8. The molecule has 2 aromatic rings. The van der Waals surface area contributed by atoms with Crippen LogP contribution in [-0.2, 0) is 13.0 Å². The third-order valence-corrected chi connectivity index (χ3v) is 2.97. The first-order chi connectivity index (χ1) is 10.1. The lowest BCUT2D eigenvalue weighted by atomic mass is 10.1. The Morgan fingerprint density at radius 1 is 1.33 bits per heavy atom. The van der Waals surface area contributed by atoms with Gasteiger partial charge in [-0.2, -0.15) is 4.80 Å². The Morgan fingerprint density at radius 3 is 2.76 bits per heavy atom. The molecule has 0 saturated heterocycles. The molecule has 0 aliphatic heterocycles. The quantitative estimate of drug-likeness (QED) is 0.882. The molecule has 0 atom stereocenters. The molecular weight excluding hydrogens is 268 g/mol. The Labute approximate surface area is 123 Å². The predicted octanol–water partition coefficient (Wildman–Crippen LogP) is 2.14. The SMILES string of the molecule is CCc1cccc(CNC(=O)Nc2nnn(C(C)C)n2)c1. The average Bonchev–Trinajstić information content (AvgIpc) is 2.94. The topological polar surface area (TPSA) is 84.7 Å². The number of anilines is 1. The van der Waals surface area contributed by atoms with E-state index in [1.807, 2.05) is 26.0 Å². The Kier molecular flexibility index (Phi) is 4.86. The normalized spacial score (nSPS) is 10.7. The van der Waals surface area contributed by atoms with Gasteiger partial charge in [-0.05, 0) is 36.6 Å². The summed E-state index contributed by atoms with van der Waals surface area (Å²) >= 11 is 0. The number of amides is 2. The van der Waals surface area contributed by atoms with E-state index in [-0.39, 0.29) is 18.0 Å². The molecule has 0 bridgehead atoms. The average molecular weight is 288 g/mol. The lowest BCUT2D eigenvalue weighted by Gasteiger charge is -2.06. The van der Waals surface area contributed by atoms with Crippen molar-refractivity contribution in [1.29, 1.82) is 0 Å². The zero-order valence-corrected chi connectivity index (χ0v) is 12.5. The highest BCUT2D eigenvalue weighted by Crippen LogP contribution is 2.06. The van der Waals surface area contributed by atoms with E-state index < -0.39 is 0 Å². The number of carbonyl (C=O) groups excluding carboxylic acids is 1. The minimum Gasteiger partial charge on any atom is -0.334 e. The van der Waals surface area contributed by atoms with Gasteiger partial charge in [0.1, 0.15) is 0 Å². The zero-order chi connectivity index (χ0) is 15.2. The van der Waals surface area contributed by atoms with Crippen molar-refractivity contribution in [2.24, 2.45) is 0 Å². The molecule has 0 radical (unpaired) electrons. The summed E-state index contributed by atoms with van der Waals surface area (Å²) in [6.07, 6.45) is 0.974. The summed E-state index contributed by atoms with van der Waals surface area (Å²) < 4.78 is 0.